The number of ether oxygens (including phenoxy) is 1. The van der Waals surface area contributed by atoms with Gasteiger partial charge in [0.05, 0.1) is 17.5 Å². The van der Waals surface area contributed by atoms with E-state index in [9.17, 15) is 27.6 Å². The highest BCUT2D eigenvalue weighted by Crippen LogP contribution is 2.37. The summed E-state index contributed by atoms with van der Waals surface area (Å²) in [6, 6.07) is 10.2. The number of halogens is 3. The Morgan fingerprint density at radius 1 is 1.14 bits per heavy atom. The van der Waals surface area contributed by atoms with Crippen molar-refractivity contribution in [3.63, 3.8) is 0 Å². The minimum atomic E-state index is -4.58. The molecule has 1 aliphatic rings. The average Bonchev–Trinajstić information content (AvgIpc) is 3.21. The van der Waals surface area contributed by atoms with Crippen LogP contribution in [0, 0.1) is 5.92 Å². The summed E-state index contributed by atoms with van der Waals surface area (Å²) in [5.74, 6) is -1.46. The maximum Gasteiger partial charge on any atom is 0.417 e. The van der Waals surface area contributed by atoms with Gasteiger partial charge in [-0.3, -0.25) is 14.4 Å². The fraction of sp³-hybridized carbons (Fsp3) is 0.346. The highest BCUT2D eigenvalue weighted by atomic mass is 19.4. The molecule has 1 saturated heterocycles. The quantitative estimate of drug-likeness (QED) is 0.446. The van der Waals surface area contributed by atoms with E-state index in [1.165, 1.54) is 24.3 Å². The molecule has 0 bridgehead atoms. The second kappa shape index (κ2) is 9.77. The number of esters is 1. The van der Waals surface area contributed by atoms with E-state index in [2.05, 4.69) is 10.3 Å². The lowest BCUT2D eigenvalue weighted by Crippen LogP contribution is -2.39. The van der Waals surface area contributed by atoms with Crippen LogP contribution in [0.2, 0.25) is 0 Å². The van der Waals surface area contributed by atoms with Gasteiger partial charge in [0.15, 0.2) is 0 Å². The van der Waals surface area contributed by atoms with Crippen molar-refractivity contribution in [2.75, 3.05) is 6.61 Å². The van der Waals surface area contributed by atoms with Crippen LogP contribution >= 0.6 is 0 Å². The van der Waals surface area contributed by atoms with Gasteiger partial charge in [-0.15, -0.1) is 0 Å². The number of pyridine rings is 1. The van der Waals surface area contributed by atoms with E-state index in [0.29, 0.717) is 17.4 Å². The molecule has 0 radical (unpaired) electrons. The number of carbonyl (C=O) groups excluding carboxylic acids is 2. The van der Waals surface area contributed by atoms with Crippen molar-refractivity contribution in [2.24, 2.45) is 11.7 Å². The van der Waals surface area contributed by atoms with Crippen LogP contribution in [0.15, 0.2) is 53.3 Å². The lowest BCUT2D eigenvalue weighted by molar-refractivity contribution is -0.147. The normalized spacial score (nSPS) is 18.9. The molecule has 0 aliphatic carbocycles. The standard InChI is InChI=1S/C26H26F3N3O4/c1-13(2)22(30)25(35)36-12-16-11-19(23(33)31-16)14-7-8-15-10-21(32-24(34)18(15)9-14)17-5-3-4-6-20(17)26(27,28)29/h3-10,13,16,19,22H,11-12,30H2,1-2H3,(H,31,33)(H,32,34)/t16-,19-,22-/m0/s1. The number of benzene rings is 2. The third kappa shape index (κ3) is 5.13. The molecular weight excluding hydrogens is 475 g/mol. The van der Waals surface area contributed by atoms with Crippen molar-refractivity contribution in [3.8, 4) is 11.3 Å². The Labute approximate surface area is 204 Å². The van der Waals surface area contributed by atoms with E-state index in [1.807, 2.05) is 0 Å². The monoisotopic (exact) mass is 501 g/mol. The Bertz CT molecular complexity index is 1370. The molecule has 4 rings (SSSR count). The van der Waals surface area contributed by atoms with Gasteiger partial charge in [-0.1, -0.05) is 44.2 Å². The predicted octanol–water partition coefficient (Wildman–Crippen LogP) is 3.71. The van der Waals surface area contributed by atoms with Crippen molar-refractivity contribution >= 4 is 22.6 Å². The number of alkyl halides is 3. The predicted molar refractivity (Wildman–Crippen MR) is 128 cm³/mol. The van der Waals surface area contributed by atoms with Gasteiger partial charge >= 0.3 is 12.1 Å². The number of hydrogen-bond donors (Lipinski definition) is 3. The molecule has 1 amide bonds. The molecule has 2 heterocycles. The van der Waals surface area contributed by atoms with Gasteiger partial charge in [0.2, 0.25) is 5.91 Å². The topological polar surface area (TPSA) is 114 Å². The Morgan fingerprint density at radius 2 is 1.86 bits per heavy atom. The third-order valence-electron chi connectivity index (χ3n) is 6.40. The summed E-state index contributed by atoms with van der Waals surface area (Å²) >= 11 is 0. The first-order valence-electron chi connectivity index (χ1n) is 11.5. The van der Waals surface area contributed by atoms with Gasteiger partial charge < -0.3 is 20.8 Å². The molecule has 3 atom stereocenters. The number of nitrogens with two attached hydrogens (primary N) is 1. The van der Waals surface area contributed by atoms with Crippen molar-refractivity contribution < 1.29 is 27.5 Å². The number of hydrogen-bond acceptors (Lipinski definition) is 5. The maximum absolute atomic E-state index is 13.5. The lowest BCUT2D eigenvalue weighted by Gasteiger charge is -2.16. The van der Waals surface area contributed by atoms with Crippen LogP contribution in [0.4, 0.5) is 13.2 Å². The van der Waals surface area contributed by atoms with Crippen LogP contribution in [0.1, 0.15) is 37.3 Å². The summed E-state index contributed by atoms with van der Waals surface area (Å²) in [5.41, 5.74) is 4.88. The van der Waals surface area contributed by atoms with Crippen LogP contribution < -0.4 is 16.6 Å². The molecule has 1 fully saturated rings. The zero-order valence-electron chi connectivity index (χ0n) is 19.7. The molecule has 4 N–H and O–H groups in total. The second-order valence-electron chi connectivity index (χ2n) is 9.30. The minimum Gasteiger partial charge on any atom is -0.462 e. The van der Waals surface area contributed by atoms with E-state index >= 15 is 0 Å². The van der Waals surface area contributed by atoms with Gasteiger partial charge in [0.25, 0.3) is 5.56 Å². The first-order valence-corrected chi connectivity index (χ1v) is 11.5. The minimum absolute atomic E-state index is 0.0162. The van der Waals surface area contributed by atoms with E-state index in [4.69, 9.17) is 10.5 Å². The smallest absolute Gasteiger partial charge is 0.417 e. The fourth-order valence-electron chi connectivity index (χ4n) is 4.31. The Kier molecular flexibility index (Phi) is 6.90. The molecule has 0 unspecified atom stereocenters. The number of carbonyl (C=O) groups is 2. The summed E-state index contributed by atoms with van der Waals surface area (Å²) in [6.45, 7) is 3.59. The molecule has 0 spiro atoms. The third-order valence-corrected chi connectivity index (χ3v) is 6.40. The lowest BCUT2D eigenvalue weighted by atomic mass is 9.93. The maximum atomic E-state index is 13.5. The van der Waals surface area contributed by atoms with E-state index in [-0.39, 0.29) is 35.1 Å². The van der Waals surface area contributed by atoms with Gasteiger partial charge in [0.1, 0.15) is 12.6 Å². The summed E-state index contributed by atoms with van der Waals surface area (Å²) in [4.78, 5) is 40.0. The van der Waals surface area contributed by atoms with Gasteiger partial charge in [-0.2, -0.15) is 13.2 Å². The molecule has 3 aromatic rings. The Hall–Kier alpha value is -3.66. The van der Waals surface area contributed by atoms with Crippen LogP contribution in [0.5, 0.6) is 0 Å². The van der Waals surface area contributed by atoms with Crippen molar-refractivity contribution in [1.29, 1.82) is 0 Å². The second-order valence-corrected chi connectivity index (χ2v) is 9.30. The molecule has 1 aliphatic heterocycles. The summed E-state index contributed by atoms with van der Waals surface area (Å²) < 4.78 is 45.6. The molecule has 36 heavy (non-hydrogen) atoms. The molecule has 0 saturated carbocycles. The van der Waals surface area contributed by atoms with E-state index in [1.54, 1.807) is 32.0 Å². The average molecular weight is 502 g/mol. The summed E-state index contributed by atoms with van der Waals surface area (Å²) in [7, 11) is 0. The number of nitrogens with one attached hydrogen (secondary N) is 2. The highest BCUT2D eigenvalue weighted by Gasteiger charge is 2.35. The SMILES string of the molecule is CC(C)[C@H](N)C(=O)OC[C@@H]1C[C@@H](c2ccc3cc(-c4ccccc4C(F)(F)F)[nH]c(=O)c3c2)C(=O)N1. The fourth-order valence-corrected chi connectivity index (χ4v) is 4.31. The van der Waals surface area contributed by atoms with Crippen LogP contribution in [-0.4, -0.2) is 35.6 Å². The molecule has 1 aromatic heterocycles. The molecule has 7 nitrogen and oxygen atoms in total. The number of H-pyrrole nitrogens is 1. The number of amides is 1. The first-order chi connectivity index (χ1) is 17.0. The van der Waals surface area contributed by atoms with Gasteiger partial charge in [-0.25, -0.2) is 0 Å². The van der Waals surface area contributed by atoms with Gasteiger partial charge in [-0.05, 0) is 41.5 Å². The van der Waals surface area contributed by atoms with Crippen LogP contribution in [0.25, 0.3) is 22.0 Å². The number of rotatable bonds is 6. The molecule has 2 aromatic carbocycles. The zero-order chi connectivity index (χ0) is 26.2. The van der Waals surface area contributed by atoms with E-state index in [0.717, 1.165) is 6.07 Å². The molecular formula is C26H26F3N3O4. The molecule has 190 valence electrons. The number of fused-ring (bicyclic) bond motifs is 1. The molecule has 10 heteroatoms. The number of aromatic amines is 1. The van der Waals surface area contributed by atoms with E-state index < -0.39 is 41.3 Å². The Morgan fingerprint density at radius 3 is 2.56 bits per heavy atom. The van der Waals surface area contributed by atoms with Crippen LogP contribution in [-0.2, 0) is 20.5 Å². The van der Waals surface area contributed by atoms with Crippen LogP contribution in [0.3, 0.4) is 0 Å². The van der Waals surface area contributed by atoms with Crippen molar-refractivity contribution in [1.82, 2.24) is 10.3 Å². The first kappa shape index (κ1) is 25.4. The van der Waals surface area contributed by atoms with Crippen molar-refractivity contribution in [3.05, 3.63) is 70.0 Å². The number of aromatic nitrogens is 1. The highest BCUT2D eigenvalue weighted by molar-refractivity contribution is 5.90. The van der Waals surface area contributed by atoms with Crippen molar-refractivity contribution in [2.45, 2.75) is 44.4 Å². The largest absolute Gasteiger partial charge is 0.462 e. The van der Waals surface area contributed by atoms with Gasteiger partial charge in [0, 0.05) is 16.6 Å². The Balaban J connectivity index is 1.57. The summed E-state index contributed by atoms with van der Waals surface area (Å²) in [5, 5.41) is 3.49. The zero-order valence-corrected chi connectivity index (χ0v) is 19.7. The summed E-state index contributed by atoms with van der Waals surface area (Å²) in [6.07, 6.45) is -4.23.